The van der Waals surface area contributed by atoms with E-state index < -0.39 is 0 Å². The molecule has 0 saturated heterocycles. The smallest absolute Gasteiger partial charge is 0.123 e. The van der Waals surface area contributed by atoms with Gasteiger partial charge >= 0.3 is 0 Å². The van der Waals surface area contributed by atoms with Gasteiger partial charge < -0.3 is 9.47 Å². The van der Waals surface area contributed by atoms with Crippen LogP contribution in [0.4, 0.5) is 4.39 Å². The number of hydrogen-bond donors (Lipinski definition) is 0. The zero-order valence-corrected chi connectivity index (χ0v) is 15.0. The zero-order valence-electron chi connectivity index (χ0n) is 15.0. The highest BCUT2D eigenvalue weighted by Crippen LogP contribution is 2.23. The molecule has 6 heteroatoms. The van der Waals surface area contributed by atoms with Gasteiger partial charge in [0.2, 0.25) is 0 Å². The zero-order chi connectivity index (χ0) is 17.6. The van der Waals surface area contributed by atoms with E-state index in [0.717, 1.165) is 49.5 Å². The largest absolute Gasteiger partial charge is 0.493 e. The van der Waals surface area contributed by atoms with E-state index in [-0.39, 0.29) is 5.82 Å². The SMILES string of the molecule is Cc1nn(C)cc1CN1CCOCCCCOc2ccc(F)cc2C1. The number of aryl methyl sites for hydroxylation is 2. The van der Waals surface area contributed by atoms with Crippen LogP contribution in [0.1, 0.15) is 29.7 Å². The van der Waals surface area contributed by atoms with Crippen molar-refractivity contribution in [3.63, 3.8) is 0 Å². The van der Waals surface area contributed by atoms with Gasteiger partial charge in [-0.1, -0.05) is 0 Å². The lowest BCUT2D eigenvalue weighted by molar-refractivity contribution is 0.0908. The average Bonchev–Trinajstić information content (AvgIpc) is 2.87. The van der Waals surface area contributed by atoms with Gasteiger partial charge in [-0.25, -0.2) is 4.39 Å². The van der Waals surface area contributed by atoms with Gasteiger partial charge in [0, 0.05) is 50.6 Å². The molecule has 0 saturated carbocycles. The molecule has 0 radical (unpaired) electrons. The fourth-order valence-corrected chi connectivity index (χ4v) is 3.10. The van der Waals surface area contributed by atoms with E-state index in [4.69, 9.17) is 9.47 Å². The minimum absolute atomic E-state index is 0.233. The van der Waals surface area contributed by atoms with Gasteiger partial charge in [-0.05, 0) is 38.0 Å². The molecule has 0 spiro atoms. The fourth-order valence-electron chi connectivity index (χ4n) is 3.10. The molecular weight excluding hydrogens is 321 g/mol. The Morgan fingerprint density at radius 3 is 2.84 bits per heavy atom. The van der Waals surface area contributed by atoms with E-state index in [2.05, 4.69) is 10.00 Å². The predicted octanol–water partition coefficient (Wildman–Crippen LogP) is 3.06. The van der Waals surface area contributed by atoms with Crippen molar-refractivity contribution < 1.29 is 13.9 Å². The molecule has 1 aliphatic heterocycles. The lowest BCUT2D eigenvalue weighted by Crippen LogP contribution is -2.28. The normalized spacial score (nSPS) is 17.2. The molecule has 2 aromatic rings. The molecule has 136 valence electrons. The summed E-state index contributed by atoms with van der Waals surface area (Å²) < 4.78 is 27.2. The average molecular weight is 347 g/mol. The topological polar surface area (TPSA) is 39.5 Å². The van der Waals surface area contributed by atoms with E-state index in [1.54, 1.807) is 12.1 Å². The summed E-state index contributed by atoms with van der Waals surface area (Å²) in [5, 5.41) is 4.41. The van der Waals surface area contributed by atoms with E-state index in [0.29, 0.717) is 19.8 Å². The Balaban J connectivity index is 1.81. The third kappa shape index (κ3) is 5.03. The van der Waals surface area contributed by atoms with Crippen LogP contribution in [-0.2, 0) is 24.9 Å². The van der Waals surface area contributed by atoms with Crippen LogP contribution < -0.4 is 4.74 Å². The van der Waals surface area contributed by atoms with Crippen molar-refractivity contribution in [1.82, 2.24) is 14.7 Å². The first-order valence-corrected chi connectivity index (χ1v) is 8.82. The number of fused-ring (bicyclic) bond motifs is 1. The molecule has 3 rings (SSSR count). The van der Waals surface area contributed by atoms with Gasteiger partial charge in [-0.2, -0.15) is 5.10 Å². The number of benzene rings is 1. The minimum atomic E-state index is -0.233. The monoisotopic (exact) mass is 347 g/mol. The van der Waals surface area contributed by atoms with E-state index >= 15 is 0 Å². The molecule has 0 atom stereocenters. The molecule has 0 fully saturated rings. The predicted molar refractivity (Wildman–Crippen MR) is 94.0 cm³/mol. The third-order valence-corrected chi connectivity index (χ3v) is 4.42. The lowest BCUT2D eigenvalue weighted by Gasteiger charge is -2.24. The van der Waals surface area contributed by atoms with E-state index in [1.807, 2.05) is 24.9 Å². The summed E-state index contributed by atoms with van der Waals surface area (Å²) >= 11 is 0. The summed E-state index contributed by atoms with van der Waals surface area (Å²) in [6, 6.07) is 4.77. The van der Waals surface area contributed by atoms with Gasteiger partial charge in [0.05, 0.1) is 18.9 Å². The highest BCUT2D eigenvalue weighted by Gasteiger charge is 2.15. The number of ether oxygens (including phenoxy) is 2. The molecule has 2 heterocycles. The quantitative estimate of drug-likeness (QED) is 0.837. The molecule has 0 aliphatic carbocycles. The second kappa shape index (κ2) is 8.45. The summed E-state index contributed by atoms with van der Waals surface area (Å²) in [5.74, 6) is 0.541. The van der Waals surface area contributed by atoms with Crippen LogP contribution in [0.15, 0.2) is 24.4 Å². The fraction of sp³-hybridized carbons (Fsp3) is 0.526. The molecule has 25 heavy (non-hydrogen) atoms. The number of halogens is 1. The van der Waals surface area contributed by atoms with E-state index in [1.165, 1.54) is 11.6 Å². The van der Waals surface area contributed by atoms with Crippen molar-refractivity contribution in [2.45, 2.75) is 32.9 Å². The molecule has 1 aromatic carbocycles. The second-order valence-electron chi connectivity index (χ2n) is 6.54. The van der Waals surface area contributed by atoms with Crippen LogP contribution in [0.5, 0.6) is 5.75 Å². The third-order valence-electron chi connectivity index (χ3n) is 4.42. The van der Waals surface area contributed by atoms with Crippen molar-refractivity contribution >= 4 is 0 Å². The first-order chi connectivity index (χ1) is 12.1. The first kappa shape index (κ1) is 17.9. The molecule has 1 aliphatic rings. The Labute approximate surface area is 148 Å². The van der Waals surface area contributed by atoms with Crippen molar-refractivity contribution in [1.29, 1.82) is 0 Å². The Kier molecular flexibility index (Phi) is 6.04. The molecule has 0 unspecified atom stereocenters. The Morgan fingerprint density at radius 2 is 2.04 bits per heavy atom. The minimum Gasteiger partial charge on any atom is -0.493 e. The standard InChI is InChI=1S/C19H26FN3O2/c1-15-17(12-22(2)21-15)14-23-7-10-24-8-3-4-9-25-19-6-5-18(20)11-16(19)13-23/h5-6,11-12H,3-4,7-10,13-14H2,1-2H3. The number of aromatic nitrogens is 2. The van der Waals surface area contributed by atoms with Gasteiger partial charge in [-0.3, -0.25) is 9.58 Å². The summed E-state index contributed by atoms with van der Waals surface area (Å²) in [7, 11) is 1.93. The summed E-state index contributed by atoms with van der Waals surface area (Å²) in [4.78, 5) is 2.26. The van der Waals surface area contributed by atoms with Crippen molar-refractivity contribution in [2.24, 2.45) is 7.05 Å². The Morgan fingerprint density at radius 1 is 1.20 bits per heavy atom. The van der Waals surface area contributed by atoms with E-state index in [9.17, 15) is 4.39 Å². The molecule has 5 nitrogen and oxygen atoms in total. The van der Waals surface area contributed by atoms with Crippen LogP contribution in [0.2, 0.25) is 0 Å². The molecule has 0 amide bonds. The van der Waals surface area contributed by atoms with Crippen molar-refractivity contribution in [2.75, 3.05) is 26.4 Å². The molecular formula is C19H26FN3O2. The van der Waals surface area contributed by atoms with Crippen LogP contribution in [0, 0.1) is 12.7 Å². The maximum absolute atomic E-state index is 13.8. The van der Waals surface area contributed by atoms with Crippen molar-refractivity contribution in [3.05, 3.63) is 47.0 Å². The number of rotatable bonds is 2. The van der Waals surface area contributed by atoms with Crippen LogP contribution in [-0.4, -0.2) is 41.0 Å². The number of nitrogens with zero attached hydrogens (tertiary/aromatic N) is 3. The van der Waals surface area contributed by atoms with Gasteiger partial charge in [0.25, 0.3) is 0 Å². The molecule has 1 aromatic heterocycles. The van der Waals surface area contributed by atoms with Gasteiger partial charge in [0.1, 0.15) is 11.6 Å². The highest BCUT2D eigenvalue weighted by molar-refractivity contribution is 5.34. The Bertz CT molecular complexity index is 702. The van der Waals surface area contributed by atoms with Gasteiger partial charge in [-0.15, -0.1) is 0 Å². The molecule has 0 bridgehead atoms. The van der Waals surface area contributed by atoms with Gasteiger partial charge in [0.15, 0.2) is 0 Å². The summed E-state index contributed by atoms with van der Waals surface area (Å²) in [6.07, 6.45) is 3.95. The Hall–Kier alpha value is -1.92. The maximum atomic E-state index is 13.8. The summed E-state index contributed by atoms with van der Waals surface area (Å²) in [5.41, 5.74) is 3.07. The lowest BCUT2D eigenvalue weighted by atomic mass is 10.1. The first-order valence-electron chi connectivity index (χ1n) is 8.82. The maximum Gasteiger partial charge on any atom is 0.123 e. The van der Waals surface area contributed by atoms with Crippen LogP contribution in [0.3, 0.4) is 0 Å². The molecule has 0 N–H and O–H groups in total. The second-order valence-corrected chi connectivity index (χ2v) is 6.54. The number of hydrogen-bond acceptors (Lipinski definition) is 4. The van der Waals surface area contributed by atoms with Crippen LogP contribution >= 0.6 is 0 Å². The van der Waals surface area contributed by atoms with Crippen molar-refractivity contribution in [3.8, 4) is 5.75 Å². The van der Waals surface area contributed by atoms with Crippen LogP contribution in [0.25, 0.3) is 0 Å². The summed E-state index contributed by atoms with van der Waals surface area (Å²) in [6.45, 7) is 6.21. The highest BCUT2D eigenvalue weighted by atomic mass is 19.1.